The Hall–Kier alpha value is -1.56. The van der Waals surface area contributed by atoms with Gasteiger partial charge in [0.05, 0.1) is 17.0 Å². The molecule has 5 nitrogen and oxygen atoms in total. The Morgan fingerprint density at radius 1 is 1.35 bits per heavy atom. The van der Waals surface area contributed by atoms with Crippen LogP contribution in [0.25, 0.3) is 0 Å². The number of aliphatic imine (C=N–C) groups is 1. The lowest BCUT2D eigenvalue weighted by atomic mass is 10.1. The van der Waals surface area contributed by atoms with Crippen LogP contribution < -0.4 is 5.32 Å². The van der Waals surface area contributed by atoms with Crippen LogP contribution in [0.4, 0.5) is 0 Å². The van der Waals surface area contributed by atoms with Crippen molar-refractivity contribution in [2.45, 2.75) is 39.0 Å². The minimum atomic E-state index is -3.04. The molecule has 0 amide bonds. The first-order valence-corrected chi connectivity index (χ1v) is 9.72. The Morgan fingerprint density at radius 2 is 2.04 bits per heavy atom. The first-order chi connectivity index (χ1) is 10.8. The predicted octanol–water partition coefficient (Wildman–Crippen LogP) is 1.97. The maximum absolute atomic E-state index is 12.2. The van der Waals surface area contributed by atoms with Crippen molar-refractivity contribution in [3.05, 3.63) is 35.4 Å². The fraction of sp³-hybridized carbons (Fsp3) is 0.588. The van der Waals surface area contributed by atoms with Crippen molar-refractivity contribution in [2.24, 2.45) is 4.99 Å². The van der Waals surface area contributed by atoms with E-state index in [0.29, 0.717) is 19.6 Å². The van der Waals surface area contributed by atoms with Crippen LogP contribution in [0.3, 0.4) is 0 Å². The molecule has 0 radical (unpaired) electrons. The molecule has 1 aromatic rings. The molecular weight excluding hydrogens is 310 g/mol. The number of nitrogens with one attached hydrogen (secondary N) is 1. The number of benzene rings is 1. The molecule has 128 valence electrons. The van der Waals surface area contributed by atoms with Gasteiger partial charge in [0.25, 0.3) is 0 Å². The molecular formula is C17H27N3O2S. The molecule has 1 aromatic carbocycles. The first-order valence-electron chi connectivity index (χ1n) is 8.07. The second-order valence-electron chi connectivity index (χ2n) is 6.60. The Bertz CT molecular complexity index is 681. The summed E-state index contributed by atoms with van der Waals surface area (Å²) in [5, 5.41) is 3.29. The molecule has 0 aliphatic carbocycles. The summed E-state index contributed by atoms with van der Waals surface area (Å²) in [5.74, 6) is 0.966. The summed E-state index contributed by atoms with van der Waals surface area (Å²) in [6.07, 6.45) is 0. The Kier molecular flexibility index (Phi) is 5.34. The van der Waals surface area contributed by atoms with Crippen molar-refractivity contribution in [1.82, 2.24) is 10.2 Å². The smallest absolute Gasteiger partial charge is 0.194 e. The first kappa shape index (κ1) is 17.8. The molecule has 1 aliphatic rings. The van der Waals surface area contributed by atoms with Crippen LogP contribution in [-0.4, -0.2) is 49.4 Å². The zero-order valence-electron chi connectivity index (χ0n) is 14.5. The number of sulfone groups is 1. The molecule has 6 heteroatoms. The SMILES string of the molecule is CCNC(=NCc1ccccc1C)N1CCS(=O)(=O)C(C)(C)C1. The fourth-order valence-corrected chi connectivity index (χ4v) is 4.06. The average Bonchev–Trinajstić information content (AvgIpc) is 2.48. The van der Waals surface area contributed by atoms with E-state index in [1.807, 2.05) is 19.1 Å². The molecule has 0 unspecified atom stereocenters. The zero-order chi connectivity index (χ0) is 17.1. The molecule has 1 aliphatic heterocycles. The van der Waals surface area contributed by atoms with Gasteiger partial charge in [-0.3, -0.25) is 0 Å². The Morgan fingerprint density at radius 3 is 2.65 bits per heavy atom. The largest absolute Gasteiger partial charge is 0.357 e. The molecule has 0 spiro atoms. The summed E-state index contributed by atoms with van der Waals surface area (Å²) in [7, 11) is -3.04. The van der Waals surface area contributed by atoms with Crippen LogP contribution in [0.5, 0.6) is 0 Å². The molecule has 1 fully saturated rings. The molecule has 0 atom stereocenters. The normalized spacial score (nSPS) is 20.3. The lowest BCUT2D eigenvalue weighted by Gasteiger charge is -2.39. The van der Waals surface area contributed by atoms with Crippen molar-refractivity contribution in [3.63, 3.8) is 0 Å². The second kappa shape index (κ2) is 6.91. The summed E-state index contributed by atoms with van der Waals surface area (Å²) in [5.41, 5.74) is 2.40. The number of guanidine groups is 1. The molecule has 0 bridgehead atoms. The number of nitrogens with zero attached hydrogens (tertiary/aromatic N) is 2. The minimum Gasteiger partial charge on any atom is -0.357 e. The Balaban J connectivity index is 2.19. The average molecular weight is 337 g/mol. The zero-order valence-corrected chi connectivity index (χ0v) is 15.3. The van der Waals surface area contributed by atoms with E-state index in [-0.39, 0.29) is 5.75 Å². The molecule has 23 heavy (non-hydrogen) atoms. The van der Waals surface area contributed by atoms with E-state index >= 15 is 0 Å². The summed E-state index contributed by atoms with van der Waals surface area (Å²) in [6, 6.07) is 8.19. The maximum Gasteiger partial charge on any atom is 0.194 e. The second-order valence-corrected chi connectivity index (χ2v) is 9.34. The highest BCUT2D eigenvalue weighted by molar-refractivity contribution is 7.92. The highest BCUT2D eigenvalue weighted by Crippen LogP contribution is 2.23. The molecule has 0 saturated carbocycles. The third-order valence-corrected chi connectivity index (χ3v) is 6.87. The monoisotopic (exact) mass is 337 g/mol. The van der Waals surface area contributed by atoms with Gasteiger partial charge in [-0.1, -0.05) is 24.3 Å². The van der Waals surface area contributed by atoms with E-state index < -0.39 is 14.6 Å². The molecule has 1 N–H and O–H groups in total. The number of hydrogen-bond donors (Lipinski definition) is 1. The van der Waals surface area contributed by atoms with Gasteiger partial charge in [-0.2, -0.15) is 0 Å². The van der Waals surface area contributed by atoms with Gasteiger partial charge >= 0.3 is 0 Å². The van der Waals surface area contributed by atoms with Crippen LogP contribution in [0.15, 0.2) is 29.3 Å². The van der Waals surface area contributed by atoms with Gasteiger partial charge in [0.15, 0.2) is 15.8 Å². The van der Waals surface area contributed by atoms with Gasteiger partial charge in [-0.15, -0.1) is 0 Å². The van der Waals surface area contributed by atoms with Gasteiger partial charge in [0, 0.05) is 19.6 Å². The van der Waals surface area contributed by atoms with Crippen molar-refractivity contribution in [1.29, 1.82) is 0 Å². The lowest BCUT2D eigenvalue weighted by molar-refractivity contribution is 0.353. The summed E-state index contributed by atoms with van der Waals surface area (Å²) >= 11 is 0. The summed E-state index contributed by atoms with van der Waals surface area (Å²) in [4.78, 5) is 6.78. The minimum absolute atomic E-state index is 0.175. The van der Waals surface area contributed by atoms with Crippen LogP contribution in [-0.2, 0) is 16.4 Å². The van der Waals surface area contributed by atoms with E-state index in [0.717, 1.165) is 12.5 Å². The van der Waals surface area contributed by atoms with E-state index in [1.54, 1.807) is 13.8 Å². The summed E-state index contributed by atoms with van der Waals surface area (Å²) in [6.45, 7) is 10.00. The van der Waals surface area contributed by atoms with Gasteiger partial charge in [0.2, 0.25) is 0 Å². The van der Waals surface area contributed by atoms with Gasteiger partial charge in [-0.05, 0) is 38.8 Å². The fourth-order valence-electron chi connectivity index (χ4n) is 2.70. The third kappa shape index (κ3) is 4.05. The van der Waals surface area contributed by atoms with Gasteiger partial charge in [-0.25, -0.2) is 13.4 Å². The summed E-state index contributed by atoms with van der Waals surface area (Å²) < 4.78 is 23.6. The highest BCUT2D eigenvalue weighted by atomic mass is 32.2. The maximum atomic E-state index is 12.2. The lowest BCUT2D eigenvalue weighted by Crippen LogP contribution is -2.57. The molecule has 0 aromatic heterocycles. The van der Waals surface area contributed by atoms with Gasteiger partial charge in [0.1, 0.15) is 0 Å². The van der Waals surface area contributed by atoms with Crippen molar-refractivity contribution >= 4 is 15.8 Å². The molecule has 1 saturated heterocycles. The molecule has 1 heterocycles. The van der Waals surface area contributed by atoms with Gasteiger partial charge < -0.3 is 10.2 Å². The van der Waals surface area contributed by atoms with Crippen molar-refractivity contribution in [3.8, 4) is 0 Å². The van der Waals surface area contributed by atoms with Crippen LogP contribution in [0, 0.1) is 6.92 Å². The highest BCUT2D eigenvalue weighted by Gasteiger charge is 2.40. The predicted molar refractivity (Wildman–Crippen MR) is 95.4 cm³/mol. The number of hydrogen-bond acceptors (Lipinski definition) is 3. The van der Waals surface area contributed by atoms with E-state index in [4.69, 9.17) is 4.99 Å². The number of aryl methyl sites for hydroxylation is 1. The van der Waals surface area contributed by atoms with Crippen LogP contribution in [0.2, 0.25) is 0 Å². The van der Waals surface area contributed by atoms with Crippen LogP contribution in [0.1, 0.15) is 31.9 Å². The third-order valence-electron chi connectivity index (χ3n) is 4.34. The Labute approximate surface area is 139 Å². The van der Waals surface area contributed by atoms with Crippen LogP contribution >= 0.6 is 0 Å². The van der Waals surface area contributed by atoms with E-state index in [1.165, 1.54) is 11.1 Å². The van der Waals surface area contributed by atoms with Crippen molar-refractivity contribution < 1.29 is 8.42 Å². The van der Waals surface area contributed by atoms with E-state index in [2.05, 4.69) is 29.3 Å². The number of rotatable bonds is 3. The topological polar surface area (TPSA) is 61.8 Å². The quantitative estimate of drug-likeness (QED) is 0.677. The van der Waals surface area contributed by atoms with Crippen molar-refractivity contribution in [2.75, 3.05) is 25.4 Å². The molecule has 2 rings (SSSR count). The van der Waals surface area contributed by atoms with E-state index in [9.17, 15) is 8.42 Å². The standard InChI is InChI=1S/C17H27N3O2S/c1-5-18-16(19-12-15-9-7-6-8-14(15)2)20-10-11-23(21,22)17(3,4)13-20/h6-9H,5,10-13H2,1-4H3,(H,18,19).